The molecule has 2 heterocycles. The molecule has 1 aromatic heterocycles. The van der Waals surface area contributed by atoms with Crippen LogP contribution in [0.25, 0.3) is 5.69 Å². The number of nitrogens with one attached hydrogen (secondary N) is 1. The van der Waals surface area contributed by atoms with Crippen molar-refractivity contribution in [1.29, 1.82) is 0 Å². The predicted octanol–water partition coefficient (Wildman–Crippen LogP) is 3.00. The molecule has 1 aliphatic rings. The maximum atomic E-state index is 12.9. The van der Waals surface area contributed by atoms with E-state index >= 15 is 0 Å². The van der Waals surface area contributed by atoms with E-state index in [0.717, 1.165) is 35.9 Å². The van der Waals surface area contributed by atoms with Crippen LogP contribution in [0.15, 0.2) is 30.3 Å². The van der Waals surface area contributed by atoms with E-state index in [1.165, 1.54) is 0 Å². The van der Waals surface area contributed by atoms with Crippen LogP contribution >= 0.6 is 11.8 Å². The summed E-state index contributed by atoms with van der Waals surface area (Å²) in [6.45, 7) is 5.49. The van der Waals surface area contributed by atoms with Crippen molar-refractivity contribution < 1.29 is 4.79 Å². The summed E-state index contributed by atoms with van der Waals surface area (Å²) >= 11 is 1.82. The number of carbonyl (C=O) groups excluding carboxylic acids is 1. The summed E-state index contributed by atoms with van der Waals surface area (Å²) in [6.07, 6.45) is 2.11. The standard InChI is InChI=1S/C19H27N5OS/c1-13-10-14(2)24(21-13)16-9-7-6-8-15(16)20-19(25)23-11-17(22(3)4)18(12-23)26-5/h6-10,17-18H,11-12H2,1-5H3,(H,20,25)/t17-,18+/m1/s1. The van der Waals surface area contributed by atoms with Gasteiger partial charge in [-0.05, 0) is 52.4 Å². The Morgan fingerprint density at radius 3 is 2.58 bits per heavy atom. The number of aryl methyl sites for hydroxylation is 2. The summed E-state index contributed by atoms with van der Waals surface area (Å²) in [5.41, 5.74) is 3.66. The lowest BCUT2D eigenvalue weighted by molar-refractivity contribution is 0.216. The minimum absolute atomic E-state index is 0.0534. The third-order valence-electron chi connectivity index (χ3n) is 4.87. The van der Waals surface area contributed by atoms with Crippen LogP contribution in [0.2, 0.25) is 0 Å². The first-order valence-corrected chi connectivity index (χ1v) is 10.1. The van der Waals surface area contributed by atoms with Crippen LogP contribution in [0, 0.1) is 13.8 Å². The van der Waals surface area contributed by atoms with Gasteiger partial charge in [-0.3, -0.25) is 0 Å². The van der Waals surface area contributed by atoms with Crippen molar-refractivity contribution in [2.45, 2.75) is 25.1 Å². The topological polar surface area (TPSA) is 53.4 Å². The number of amides is 2. The van der Waals surface area contributed by atoms with Gasteiger partial charge in [-0.2, -0.15) is 16.9 Å². The average Bonchev–Trinajstić information content (AvgIpc) is 3.18. The fourth-order valence-corrected chi connectivity index (χ4v) is 4.45. The Bertz CT molecular complexity index is 788. The number of hydrogen-bond donors (Lipinski definition) is 1. The molecule has 1 aromatic carbocycles. The SMILES string of the molecule is CS[C@H]1CN(C(=O)Nc2ccccc2-n2nc(C)cc2C)C[C@H]1N(C)C. The molecule has 2 aromatic rings. The Morgan fingerprint density at radius 2 is 2.00 bits per heavy atom. The Labute approximate surface area is 159 Å². The Morgan fingerprint density at radius 1 is 1.27 bits per heavy atom. The average molecular weight is 374 g/mol. The second-order valence-electron chi connectivity index (χ2n) is 7.00. The molecule has 0 unspecified atom stereocenters. The van der Waals surface area contributed by atoms with Gasteiger partial charge in [-0.15, -0.1) is 0 Å². The number of likely N-dealkylation sites (N-methyl/N-ethyl adjacent to an activating group) is 1. The molecule has 3 rings (SSSR count). The summed E-state index contributed by atoms with van der Waals surface area (Å²) in [4.78, 5) is 17.0. The number of nitrogens with zero attached hydrogens (tertiary/aromatic N) is 4. The second kappa shape index (κ2) is 7.72. The molecular formula is C19H27N5OS. The molecule has 0 bridgehead atoms. The monoisotopic (exact) mass is 373 g/mol. The molecule has 1 N–H and O–H groups in total. The van der Waals surface area contributed by atoms with Gasteiger partial charge in [0.15, 0.2) is 0 Å². The first-order valence-electron chi connectivity index (χ1n) is 8.78. The molecule has 1 saturated heterocycles. The smallest absolute Gasteiger partial charge is 0.321 e. The number of hydrogen-bond acceptors (Lipinski definition) is 4. The van der Waals surface area contributed by atoms with Crippen LogP contribution in [0.3, 0.4) is 0 Å². The number of benzene rings is 1. The van der Waals surface area contributed by atoms with Gasteiger partial charge in [-0.1, -0.05) is 12.1 Å². The number of para-hydroxylation sites is 2. The van der Waals surface area contributed by atoms with E-state index in [-0.39, 0.29) is 6.03 Å². The van der Waals surface area contributed by atoms with Gasteiger partial charge in [0, 0.05) is 30.1 Å². The van der Waals surface area contributed by atoms with E-state index in [1.54, 1.807) is 0 Å². The summed E-state index contributed by atoms with van der Waals surface area (Å²) in [7, 11) is 4.15. The minimum atomic E-state index is -0.0534. The lowest BCUT2D eigenvalue weighted by Crippen LogP contribution is -2.38. The van der Waals surface area contributed by atoms with Crippen molar-refractivity contribution >= 4 is 23.5 Å². The maximum Gasteiger partial charge on any atom is 0.321 e. The largest absolute Gasteiger partial charge is 0.322 e. The van der Waals surface area contributed by atoms with Crippen LogP contribution in [0.4, 0.5) is 10.5 Å². The molecule has 0 radical (unpaired) electrons. The summed E-state index contributed by atoms with van der Waals surface area (Å²) < 4.78 is 1.88. The fraction of sp³-hybridized carbons (Fsp3) is 0.474. The van der Waals surface area contributed by atoms with Gasteiger partial charge >= 0.3 is 6.03 Å². The first kappa shape index (κ1) is 18.8. The number of anilines is 1. The van der Waals surface area contributed by atoms with E-state index in [4.69, 9.17) is 0 Å². The van der Waals surface area contributed by atoms with Crippen molar-refractivity contribution in [3.63, 3.8) is 0 Å². The minimum Gasteiger partial charge on any atom is -0.322 e. The summed E-state index contributed by atoms with van der Waals surface area (Å²) in [5, 5.41) is 8.07. The highest BCUT2D eigenvalue weighted by molar-refractivity contribution is 7.99. The molecule has 6 nitrogen and oxygen atoms in total. The van der Waals surface area contributed by atoms with Crippen molar-refractivity contribution in [3.05, 3.63) is 41.7 Å². The number of aromatic nitrogens is 2. The van der Waals surface area contributed by atoms with E-state index in [2.05, 4.69) is 35.7 Å². The van der Waals surface area contributed by atoms with Crippen LogP contribution in [-0.4, -0.2) is 70.3 Å². The molecule has 0 aliphatic carbocycles. The molecule has 1 fully saturated rings. The normalized spacial score (nSPS) is 20.0. The zero-order chi connectivity index (χ0) is 18.8. The molecule has 0 saturated carbocycles. The zero-order valence-corrected chi connectivity index (χ0v) is 16.9. The first-order chi connectivity index (χ1) is 12.4. The highest BCUT2D eigenvalue weighted by Gasteiger charge is 2.36. The predicted molar refractivity (Wildman–Crippen MR) is 108 cm³/mol. The molecule has 140 valence electrons. The van der Waals surface area contributed by atoms with Gasteiger partial charge in [0.1, 0.15) is 0 Å². The van der Waals surface area contributed by atoms with Gasteiger partial charge in [0.25, 0.3) is 0 Å². The van der Waals surface area contributed by atoms with Crippen LogP contribution in [0.1, 0.15) is 11.4 Å². The Balaban J connectivity index is 1.80. The number of rotatable bonds is 4. The Hall–Kier alpha value is -1.99. The lowest BCUT2D eigenvalue weighted by atomic mass is 10.2. The van der Waals surface area contributed by atoms with Gasteiger partial charge < -0.3 is 15.1 Å². The van der Waals surface area contributed by atoms with Crippen molar-refractivity contribution in [2.75, 3.05) is 38.8 Å². The highest BCUT2D eigenvalue weighted by atomic mass is 32.2. The van der Waals surface area contributed by atoms with Gasteiger partial charge in [0.2, 0.25) is 0 Å². The van der Waals surface area contributed by atoms with Crippen molar-refractivity contribution in [3.8, 4) is 5.69 Å². The highest BCUT2D eigenvalue weighted by Crippen LogP contribution is 2.26. The van der Waals surface area contributed by atoms with E-state index < -0.39 is 0 Å². The molecular weight excluding hydrogens is 346 g/mol. The van der Waals surface area contributed by atoms with Crippen LogP contribution in [-0.2, 0) is 0 Å². The van der Waals surface area contributed by atoms with E-state index in [1.807, 2.05) is 65.5 Å². The van der Waals surface area contributed by atoms with Gasteiger partial charge in [0.05, 0.1) is 17.1 Å². The third kappa shape index (κ3) is 3.73. The number of carbonyl (C=O) groups is 1. The second-order valence-corrected chi connectivity index (χ2v) is 8.07. The maximum absolute atomic E-state index is 12.9. The quantitative estimate of drug-likeness (QED) is 0.895. The molecule has 0 spiro atoms. The molecule has 1 aliphatic heterocycles. The molecule has 26 heavy (non-hydrogen) atoms. The van der Waals surface area contributed by atoms with Crippen LogP contribution in [0.5, 0.6) is 0 Å². The Kier molecular flexibility index (Phi) is 5.58. The molecule has 7 heteroatoms. The number of thioether (sulfide) groups is 1. The molecule has 2 amide bonds. The van der Waals surface area contributed by atoms with Crippen molar-refractivity contribution in [1.82, 2.24) is 19.6 Å². The summed E-state index contributed by atoms with van der Waals surface area (Å²) in [5.74, 6) is 0. The molecule has 2 atom stereocenters. The number of likely N-dealkylation sites (tertiary alicyclic amines) is 1. The summed E-state index contributed by atoms with van der Waals surface area (Å²) in [6, 6.07) is 10.2. The van der Waals surface area contributed by atoms with Gasteiger partial charge in [-0.25, -0.2) is 9.48 Å². The zero-order valence-electron chi connectivity index (χ0n) is 16.1. The third-order valence-corrected chi connectivity index (χ3v) is 5.94. The number of urea groups is 1. The van der Waals surface area contributed by atoms with Crippen molar-refractivity contribution in [2.24, 2.45) is 0 Å². The lowest BCUT2D eigenvalue weighted by Gasteiger charge is -2.23. The fourth-order valence-electron chi connectivity index (χ4n) is 3.48. The van der Waals surface area contributed by atoms with E-state index in [9.17, 15) is 4.79 Å². The van der Waals surface area contributed by atoms with Crippen LogP contribution < -0.4 is 5.32 Å². The van der Waals surface area contributed by atoms with E-state index in [0.29, 0.717) is 11.3 Å².